The molecule has 0 amide bonds. The molecule has 0 bridgehead atoms. The van der Waals surface area contributed by atoms with Crippen molar-refractivity contribution in [3.05, 3.63) is 23.3 Å². The zero-order valence-corrected chi connectivity index (χ0v) is 14.3. The monoisotopic (exact) mass is 289 g/mol. The normalized spacial score (nSPS) is 23.7. The largest absolute Gasteiger partial charge is 0.508 e. The second-order valence-electron chi connectivity index (χ2n) is 7.87. The van der Waals surface area contributed by atoms with Crippen molar-refractivity contribution >= 4 is 5.69 Å². The highest BCUT2D eigenvalue weighted by Gasteiger charge is 2.27. The van der Waals surface area contributed by atoms with Gasteiger partial charge < -0.3 is 10.4 Å². The Morgan fingerprint density at radius 3 is 2.38 bits per heavy atom. The number of hydrogen-bond acceptors (Lipinski definition) is 2. The minimum Gasteiger partial charge on any atom is -0.508 e. The Bertz CT molecular complexity index is 487. The third-order valence-electron chi connectivity index (χ3n) is 5.10. The predicted molar refractivity (Wildman–Crippen MR) is 91.0 cm³/mol. The fourth-order valence-electron chi connectivity index (χ4n) is 3.49. The van der Waals surface area contributed by atoms with E-state index in [4.69, 9.17) is 0 Å². The van der Waals surface area contributed by atoms with Crippen molar-refractivity contribution < 1.29 is 5.11 Å². The average Bonchev–Trinajstić information content (AvgIpc) is 2.61. The maximum atomic E-state index is 9.77. The predicted octanol–water partition coefficient (Wildman–Crippen LogP) is 5.42. The smallest absolute Gasteiger partial charge is 0.118 e. The molecule has 2 atom stereocenters. The molecule has 1 saturated carbocycles. The number of nitrogens with one attached hydrogen (secondary N) is 1. The van der Waals surface area contributed by atoms with Crippen LogP contribution in [0.25, 0.3) is 0 Å². The molecular weight excluding hydrogens is 258 g/mol. The van der Waals surface area contributed by atoms with Crippen molar-refractivity contribution in [2.24, 2.45) is 11.3 Å². The van der Waals surface area contributed by atoms with E-state index in [1.54, 1.807) is 0 Å². The van der Waals surface area contributed by atoms with Gasteiger partial charge in [-0.2, -0.15) is 0 Å². The van der Waals surface area contributed by atoms with Gasteiger partial charge in [0.05, 0.1) is 0 Å². The third kappa shape index (κ3) is 4.15. The van der Waals surface area contributed by atoms with Gasteiger partial charge in [0.2, 0.25) is 0 Å². The topological polar surface area (TPSA) is 32.3 Å². The van der Waals surface area contributed by atoms with Gasteiger partial charge in [-0.25, -0.2) is 0 Å². The number of aryl methyl sites for hydroxylation is 2. The first-order valence-electron chi connectivity index (χ1n) is 8.34. The summed E-state index contributed by atoms with van der Waals surface area (Å²) in [5, 5.41) is 13.5. The summed E-state index contributed by atoms with van der Waals surface area (Å²) in [7, 11) is 0. The van der Waals surface area contributed by atoms with Crippen LogP contribution < -0.4 is 5.32 Å². The van der Waals surface area contributed by atoms with Gasteiger partial charge in [0.25, 0.3) is 0 Å². The average molecular weight is 289 g/mol. The van der Waals surface area contributed by atoms with Crippen molar-refractivity contribution in [3.8, 4) is 5.75 Å². The molecule has 2 heteroatoms. The number of hydrogen-bond donors (Lipinski definition) is 2. The summed E-state index contributed by atoms with van der Waals surface area (Å²) in [5.74, 6) is 1.23. The third-order valence-corrected chi connectivity index (χ3v) is 5.10. The molecule has 0 saturated heterocycles. The molecular formula is C19H31NO. The molecule has 1 aliphatic carbocycles. The number of phenolic OH excluding ortho intramolecular Hbond substituents is 1. The molecule has 1 aliphatic rings. The zero-order chi connectivity index (χ0) is 15.6. The Morgan fingerprint density at radius 1 is 1.00 bits per heavy atom. The molecule has 0 aromatic heterocycles. The van der Waals surface area contributed by atoms with E-state index in [0.29, 0.717) is 17.2 Å². The lowest BCUT2D eigenvalue weighted by molar-refractivity contribution is 0.214. The maximum absolute atomic E-state index is 9.77. The number of anilines is 1. The van der Waals surface area contributed by atoms with E-state index < -0.39 is 0 Å². The van der Waals surface area contributed by atoms with Crippen LogP contribution in [0.4, 0.5) is 5.69 Å². The first-order valence-corrected chi connectivity index (χ1v) is 8.34. The van der Waals surface area contributed by atoms with E-state index in [1.165, 1.54) is 37.8 Å². The minimum atomic E-state index is 0.395. The molecule has 0 aliphatic heterocycles. The van der Waals surface area contributed by atoms with E-state index in [0.717, 1.165) is 17.0 Å². The zero-order valence-electron chi connectivity index (χ0n) is 14.3. The molecule has 2 rings (SSSR count). The van der Waals surface area contributed by atoms with Crippen LogP contribution in [0.3, 0.4) is 0 Å². The van der Waals surface area contributed by atoms with E-state index in [2.05, 4.69) is 39.1 Å². The highest BCUT2D eigenvalue weighted by atomic mass is 16.3. The molecule has 118 valence electrons. The van der Waals surface area contributed by atoms with Gasteiger partial charge in [-0.3, -0.25) is 0 Å². The van der Waals surface area contributed by atoms with Gasteiger partial charge in [0.1, 0.15) is 5.75 Å². The molecule has 21 heavy (non-hydrogen) atoms. The summed E-state index contributed by atoms with van der Waals surface area (Å²) in [6.07, 6.45) is 6.50. The number of aromatic hydroxyl groups is 1. The van der Waals surface area contributed by atoms with Crippen LogP contribution in [0.1, 0.15) is 64.0 Å². The van der Waals surface area contributed by atoms with E-state index in [1.807, 2.05) is 13.0 Å². The van der Waals surface area contributed by atoms with Gasteiger partial charge in [-0.1, -0.05) is 27.2 Å². The molecule has 1 aromatic rings. The fraction of sp³-hybridized carbons (Fsp3) is 0.684. The summed E-state index contributed by atoms with van der Waals surface area (Å²) in [5.41, 5.74) is 3.70. The van der Waals surface area contributed by atoms with Crippen LogP contribution in [-0.2, 0) is 0 Å². The first-order chi connectivity index (χ1) is 9.77. The van der Waals surface area contributed by atoms with Gasteiger partial charge in [0.15, 0.2) is 0 Å². The van der Waals surface area contributed by atoms with Crippen LogP contribution >= 0.6 is 0 Å². The summed E-state index contributed by atoms with van der Waals surface area (Å²) in [6, 6.07) is 4.52. The van der Waals surface area contributed by atoms with Crippen LogP contribution in [0, 0.1) is 25.2 Å². The number of rotatable bonds is 2. The number of phenols is 1. The summed E-state index contributed by atoms with van der Waals surface area (Å²) < 4.78 is 0. The second kappa shape index (κ2) is 6.29. The summed E-state index contributed by atoms with van der Waals surface area (Å²) in [4.78, 5) is 0. The Balaban J connectivity index is 2.03. The van der Waals surface area contributed by atoms with Gasteiger partial charge in [0, 0.05) is 11.7 Å². The minimum absolute atomic E-state index is 0.395. The Morgan fingerprint density at radius 2 is 1.71 bits per heavy atom. The van der Waals surface area contributed by atoms with E-state index >= 15 is 0 Å². The van der Waals surface area contributed by atoms with Crippen molar-refractivity contribution in [1.82, 2.24) is 0 Å². The van der Waals surface area contributed by atoms with Crippen molar-refractivity contribution in [3.63, 3.8) is 0 Å². The fourth-order valence-corrected chi connectivity index (χ4v) is 3.49. The maximum Gasteiger partial charge on any atom is 0.118 e. The highest BCUT2D eigenvalue weighted by molar-refractivity contribution is 5.57. The van der Waals surface area contributed by atoms with E-state index in [-0.39, 0.29) is 0 Å². The lowest BCUT2D eigenvalue weighted by Crippen LogP contribution is -2.22. The summed E-state index contributed by atoms with van der Waals surface area (Å²) in [6.45, 7) is 11.1. The lowest BCUT2D eigenvalue weighted by Gasteiger charge is -2.29. The van der Waals surface area contributed by atoms with Crippen LogP contribution in [0.5, 0.6) is 5.75 Å². The highest BCUT2D eigenvalue weighted by Crippen LogP contribution is 2.37. The number of benzene rings is 1. The molecule has 0 radical (unpaired) electrons. The first kappa shape index (κ1) is 16.2. The van der Waals surface area contributed by atoms with Gasteiger partial charge >= 0.3 is 0 Å². The quantitative estimate of drug-likeness (QED) is 0.563. The van der Waals surface area contributed by atoms with Gasteiger partial charge in [-0.15, -0.1) is 0 Å². The van der Waals surface area contributed by atoms with E-state index in [9.17, 15) is 5.11 Å². The van der Waals surface area contributed by atoms with Crippen LogP contribution in [-0.4, -0.2) is 11.1 Å². The second-order valence-corrected chi connectivity index (χ2v) is 7.87. The lowest BCUT2D eigenvalue weighted by atomic mass is 9.76. The Labute approximate surface area is 130 Å². The van der Waals surface area contributed by atoms with Crippen molar-refractivity contribution in [2.75, 3.05) is 5.32 Å². The standard InChI is InChI=1S/C19H31NO/c1-13-12-18(21)14(2)11-17(13)20-16-8-6-7-15(9-10-16)19(3,4)5/h11-12,15-16,20-21H,6-10H2,1-5H3. The Kier molecular flexibility index (Phi) is 4.85. The van der Waals surface area contributed by atoms with Gasteiger partial charge in [-0.05, 0) is 74.1 Å². The van der Waals surface area contributed by atoms with Crippen molar-refractivity contribution in [1.29, 1.82) is 0 Å². The molecule has 1 aromatic carbocycles. The van der Waals surface area contributed by atoms with Crippen LogP contribution in [0.15, 0.2) is 12.1 Å². The molecule has 2 N–H and O–H groups in total. The van der Waals surface area contributed by atoms with Crippen LogP contribution in [0.2, 0.25) is 0 Å². The molecule has 1 fully saturated rings. The molecule has 0 heterocycles. The summed E-state index contributed by atoms with van der Waals surface area (Å²) >= 11 is 0. The SMILES string of the molecule is Cc1cc(NC2CCCC(C(C)(C)C)CC2)c(C)cc1O. The Hall–Kier alpha value is -1.18. The molecule has 0 spiro atoms. The molecule has 2 unspecified atom stereocenters. The van der Waals surface area contributed by atoms with Crippen molar-refractivity contribution in [2.45, 2.75) is 72.8 Å². The molecule has 2 nitrogen and oxygen atoms in total.